The number of pyridine rings is 1. The smallest absolute Gasteiger partial charge is 0.210 e. The van der Waals surface area contributed by atoms with Gasteiger partial charge in [-0.1, -0.05) is 11.6 Å². The minimum Gasteiger partial charge on any atom is -0.338 e. The van der Waals surface area contributed by atoms with Gasteiger partial charge in [0.05, 0.1) is 6.04 Å². The van der Waals surface area contributed by atoms with Gasteiger partial charge < -0.3 is 4.90 Å². The Labute approximate surface area is 100 Å². The van der Waals surface area contributed by atoms with Crippen molar-refractivity contribution in [3.05, 3.63) is 28.5 Å². The van der Waals surface area contributed by atoms with Crippen molar-refractivity contribution in [1.82, 2.24) is 9.88 Å². The topological polar surface area (TPSA) is 33.2 Å². The van der Waals surface area contributed by atoms with Crippen molar-refractivity contribution >= 4 is 18.0 Å². The molecule has 16 heavy (non-hydrogen) atoms. The first kappa shape index (κ1) is 11.4. The summed E-state index contributed by atoms with van der Waals surface area (Å²) in [5, 5.41) is 0.539. The first-order valence-corrected chi connectivity index (χ1v) is 5.93. The average molecular weight is 239 g/mol. The standard InChI is InChI=1S/C12H15ClN2O/c1-9-6-10(7-14-12(9)13)11-4-2-3-5-15(11)8-16/h6-8,11H,2-5H2,1H3/t11-/m1/s1. The van der Waals surface area contributed by atoms with E-state index >= 15 is 0 Å². The van der Waals surface area contributed by atoms with Crippen molar-refractivity contribution in [3.63, 3.8) is 0 Å². The molecule has 1 aromatic heterocycles. The van der Waals surface area contributed by atoms with Crippen molar-refractivity contribution in [2.75, 3.05) is 6.54 Å². The van der Waals surface area contributed by atoms with Crippen LogP contribution in [-0.4, -0.2) is 22.8 Å². The number of aromatic nitrogens is 1. The molecule has 1 aliphatic heterocycles. The van der Waals surface area contributed by atoms with Crippen molar-refractivity contribution in [2.45, 2.75) is 32.2 Å². The van der Waals surface area contributed by atoms with E-state index in [9.17, 15) is 4.79 Å². The number of piperidine rings is 1. The number of nitrogens with zero attached hydrogens (tertiary/aromatic N) is 2. The molecule has 1 fully saturated rings. The Morgan fingerprint density at radius 3 is 3.06 bits per heavy atom. The van der Waals surface area contributed by atoms with Crippen LogP contribution in [0.2, 0.25) is 5.15 Å². The summed E-state index contributed by atoms with van der Waals surface area (Å²) in [6.07, 6.45) is 5.99. The summed E-state index contributed by atoms with van der Waals surface area (Å²) in [6.45, 7) is 2.78. The molecule has 0 spiro atoms. The zero-order valence-electron chi connectivity index (χ0n) is 9.32. The Bertz CT molecular complexity index is 395. The number of carbonyl (C=O) groups is 1. The molecule has 1 amide bonds. The third-order valence-corrected chi connectivity index (χ3v) is 3.50. The fourth-order valence-electron chi connectivity index (χ4n) is 2.20. The van der Waals surface area contributed by atoms with Crippen LogP contribution in [0.5, 0.6) is 0 Å². The second kappa shape index (κ2) is 4.83. The molecule has 4 heteroatoms. The quantitative estimate of drug-likeness (QED) is 0.586. The van der Waals surface area contributed by atoms with Crippen LogP contribution in [0, 0.1) is 6.92 Å². The fourth-order valence-corrected chi connectivity index (χ4v) is 2.30. The lowest BCUT2D eigenvalue weighted by Gasteiger charge is -2.32. The first-order valence-electron chi connectivity index (χ1n) is 5.55. The molecule has 3 nitrogen and oxygen atoms in total. The summed E-state index contributed by atoms with van der Waals surface area (Å²) < 4.78 is 0. The van der Waals surface area contributed by atoms with Crippen LogP contribution in [0.1, 0.15) is 36.4 Å². The van der Waals surface area contributed by atoms with Crippen molar-refractivity contribution in [3.8, 4) is 0 Å². The number of halogens is 1. The Hall–Kier alpha value is -1.09. The molecule has 0 radical (unpaired) electrons. The van der Waals surface area contributed by atoms with E-state index in [2.05, 4.69) is 4.98 Å². The SMILES string of the molecule is Cc1cc([C@H]2CCCCN2C=O)cnc1Cl. The molecule has 2 rings (SSSR count). The van der Waals surface area contributed by atoms with Gasteiger partial charge in [0.1, 0.15) is 5.15 Å². The highest BCUT2D eigenvalue weighted by atomic mass is 35.5. The number of hydrogen-bond acceptors (Lipinski definition) is 2. The van der Waals surface area contributed by atoms with Gasteiger partial charge in [0, 0.05) is 12.7 Å². The Kier molecular flexibility index (Phi) is 3.44. The van der Waals surface area contributed by atoms with Gasteiger partial charge in [-0.2, -0.15) is 0 Å². The van der Waals surface area contributed by atoms with E-state index in [1.807, 2.05) is 17.9 Å². The number of amides is 1. The summed E-state index contributed by atoms with van der Waals surface area (Å²) in [5.74, 6) is 0. The first-order chi connectivity index (χ1) is 7.72. The van der Waals surface area contributed by atoms with Gasteiger partial charge in [-0.15, -0.1) is 0 Å². The maximum absolute atomic E-state index is 11.0. The van der Waals surface area contributed by atoms with E-state index in [0.29, 0.717) is 5.15 Å². The van der Waals surface area contributed by atoms with E-state index < -0.39 is 0 Å². The maximum Gasteiger partial charge on any atom is 0.210 e. The van der Waals surface area contributed by atoms with Gasteiger partial charge in [-0.25, -0.2) is 4.98 Å². The summed E-state index contributed by atoms with van der Waals surface area (Å²) in [4.78, 5) is 17.0. The molecule has 1 saturated heterocycles. The number of likely N-dealkylation sites (tertiary alicyclic amines) is 1. The molecule has 0 N–H and O–H groups in total. The third kappa shape index (κ3) is 2.19. The molecule has 0 unspecified atom stereocenters. The van der Waals surface area contributed by atoms with Crippen molar-refractivity contribution in [2.24, 2.45) is 0 Å². The molecule has 0 aliphatic carbocycles. The molecular formula is C12H15ClN2O. The molecule has 86 valence electrons. The Balaban J connectivity index is 2.27. The van der Waals surface area contributed by atoms with Crippen LogP contribution in [-0.2, 0) is 4.79 Å². The minimum atomic E-state index is 0.176. The lowest BCUT2D eigenvalue weighted by atomic mass is 9.96. The summed E-state index contributed by atoms with van der Waals surface area (Å²) in [7, 11) is 0. The number of rotatable bonds is 2. The van der Waals surface area contributed by atoms with Gasteiger partial charge in [0.2, 0.25) is 6.41 Å². The van der Waals surface area contributed by atoms with Crippen LogP contribution in [0.4, 0.5) is 0 Å². The van der Waals surface area contributed by atoms with E-state index in [-0.39, 0.29) is 6.04 Å². The maximum atomic E-state index is 11.0. The van der Waals surface area contributed by atoms with Crippen LogP contribution < -0.4 is 0 Å². The number of carbonyl (C=O) groups excluding carboxylic acids is 1. The average Bonchev–Trinajstić information content (AvgIpc) is 2.32. The molecule has 1 atom stereocenters. The zero-order chi connectivity index (χ0) is 11.5. The van der Waals surface area contributed by atoms with E-state index in [1.54, 1.807) is 6.20 Å². The lowest BCUT2D eigenvalue weighted by molar-refractivity contribution is -0.121. The van der Waals surface area contributed by atoms with Crippen LogP contribution >= 0.6 is 11.6 Å². The predicted octanol–water partition coefficient (Wildman–Crippen LogP) is 2.73. The van der Waals surface area contributed by atoms with Gasteiger partial charge >= 0.3 is 0 Å². The lowest BCUT2D eigenvalue weighted by Crippen LogP contribution is -2.32. The Morgan fingerprint density at radius 2 is 2.38 bits per heavy atom. The summed E-state index contributed by atoms with van der Waals surface area (Å²) in [5.41, 5.74) is 2.06. The minimum absolute atomic E-state index is 0.176. The third-order valence-electron chi connectivity index (χ3n) is 3.10. The van der Waals surface area contributed by atoms with Crippen molar-refractivity contribution < 1.29 is 4.79 Å². The largest absolute Gasteiger partial charge is 0.338 e. The highest BCUT2D eigenvalue weighted by Gasteiger charge is 2.23. The van der Waals surface area contributed by atoms with Crippen molar-refractivity contribution in [1.29, 1.82) is 0 Å². The second-order valence-corrected chi connectivity index (χ2v) is 4.59. The predicted molar refractivity (Wildman–Crippen MR) is 63.3 cm³/mol. The van der Waals surface area contributed by atoms with Crippen LogP contribution in [0.25, 0.3) is 0 Å². The van der Waals surface area contributed by atoms with E-state index in [4.69, 9.17) is 11.6 Å². The van der Waals surface area contributed by atoms with Gasteiger partial charge in [-0.05, 0) is 43.4 Å². The second-order valence-electron chi connectivity index (χ2n) is 4.23. The van der Waals surface area contributed by atoms with E-state index in [0.717, 1.165) is 43.3 Å². The molecule has 1 aromatic rings. The normalized spacial score (nSPS) is 20.9. The number of aryl methyl sites for hydroxylation is 1. The highest BCUT2D eigenvalue weighted by molar-refractivity contribution is 6.30. The molecule has 0 aromatic carbocycles. The monoisotopic (exact) mass is 238 g/mol. The molecule has 2 heterocycles. The summed E-state index contributed by atoms with van der Waals surface area (Å²) >= 11 is 5.90. The van der Waals surface area contributed by atoms with Gasteiger partial charge in [0.15, 0.2) is 0 Å². The Morgan fingerprint density at radius 1 is 1.56 bits per heavy atom. The van der Waals surface area contributed by atoms with Gasteiger partial charge in [-0.3, -0.25) is 4.79 Å². The van der Waals surface area contributed by atoms with Crippen LogP contribution in [0.15, 0.2) is 12.3 Å². The summed E-state index contributed by atoms with van der Waals surface area (Å²) in [6, 6.07) is 2.21. The van der Waals surface area contributed by atoms with Gasteiger partial charge in [0.25, 0.3) is 0 Å². The molecular weight excluding hydrogens is 224 g/mol. The number of hydrogen-bond donors (Lipinski definition) is 0. The van der Waals surface area contributed by atoms with Crippen LogP contribution in [0.3, 0.4) is 0 Å². The molecule has 0 saturated carbocycles. The fraction of sp³-hybridized carbons (Fsp3) is 0.500. The highest BCUT2D eigenvalue weighted by Crippen LogP contribution is 2.30. The zero-order valence-corrected chi connectivity index (χ0v) is 10.1. The molecule has 1 aliphatic rings. The molecule has 0 bridgehead atoms. The van der Waals surface area contributed by atoms with E-state index in [1.165, 1.54) is 0 Å².